The van der Waals surface area contributed by atoms with E-state index in [1.54, 1.807) is 13.0 Å². The third-order valence-electron chi connectivity index (χ3n) is 5.07. The van der Waals surface area contributed by atoms with Gasteiger partial charge in [0.05, 0.1) is 11.5 Å². The monoisotopic (exact) mass is 400 g/mol. The molecule has 0 saturated heterocycles. The van der Waals surface area contributed by atoms with Gasteiger partial charge in [0.2, 0.25) is 0 Å². The predicted octanol–water partition coefficient (Wildman–Crippen LogP) is 5.43. The predicted molar refractivity (Wildman–Crippen MR) is 115 cm³/mol. The first-order chi connectivity index (χ1) is 14.6. The molecule has 0 aliphatic carbocycles. The topological polar surface area (TPSA) is 85.2 Å². The van der Waals surface area contributed by atoms with E-state index in [0.29, 0.717) is 22.2 Å². The Bertz CT molecular complexity index is 1160. The van der Waals surface area contributed by atoms with Crippen LogP contribution in [-0.2, 0) is 4.74 Å². The molecule has 0 amide bonds. The van der Waals surface area contributed by atoms with Gasteiger partial charge in [-0.25, -0.2) is 4.79 Å². The number of nitro groups is 1. The summed E-state index contributed by atoms with van der Waals surface area (Å²) in [6.45, 7) is 1.98. The Morgan fingerprint density at radius 1 is 1.00 bits per heavy atom. The SMILES string of the molecule is CCOC(=O)c1[nH]c2ccc([N+](=O)[O-])cc2c1C(c1ccccc1)c1ccccc1. The quantitative estimate of drug-likeness (QED) is 0.266. The number of nitro benzene ring substituents is 1. The molecule has 0 atom stereocenters. The fourth-order valence-corrected chi connectivity index (χ4v) is 3.80. The molecule has 0 radical (unpaired) electrons. The van der Waals surface area contributed by atoms with Gasteiger partial charge in [-0.15, -0.1) is 0 Å². The standard InChI is InChI=1S/C24H20N2O4/c1-2-30-24(27)23-22(19-15-18(26(28)29)13-14-20(19)25-23)21(16-9-5-3-6-10-16)17-11-7-4-8-12-17/h3-15,21,25H,2H2,1H3. The highest BCUT2D eigenvalue weighted by Gasteiger charge is 2.28. The number of aromatic nitrogens is 1. The van der Waals surface area contributed by atoms with Crippen molar-refractivity contribution in [2.75, 3.05) is 6.61 Å². The smallest absolute Gasteiger partial charge is 0.355 e. The first-order valence-electron chi connectivity index (χ1n) is 9.67. The van der Waals surface area contributed by atoms with Crippen LogP contribution in [0, 0.1) is 10.1 Å². The van der Waals surface area contributed by atoms with E-state index in [0.717, 1.165) is 11.1 Å². The Balaban J connectivity index is 2.05. The molecule has 3 aromatic carbocycles. The Morgan fingerprint density at radius 2 is 1.60 bits per heavy atom. The number of carbonyl (C=O) groups excluding carboxylic acids is 1. The van der Waals surface area contributed by atoms with Crippen LogP contribution in [-0.4, -0.2) is 22.5 Å². The summed E-state index contributed by atoms with van der Waals surface area (Å²) in [4.78, 5) is 27.0. The average molecular weight is 400 g/mol. The van der Waals surface area contributed by atoms with E-state index >= 15 is 0 Å². The van der Waals surface area contributed by atoms with Gasteiger partial charge < -0.3 is 9.72 Å². The van der Waals surface area contributed by atoms with E-state index in [9.17, 15) is 14.9 Å². The number of H-pyrrole nitrogens is 1. The molecule has 1 aromatic heterocycles. The van der Waals surface area contributed by atoms with Crippen LogP contribution < -0.4 is 0 Å². The maximum Gasteiger partial charge on any atom is 0.355 e. The normalized spacial score (nSPS) is 11.0. The van der Waals surface area contributed by atoms with E-state index < -0.39 is 10.9 Å². The van der Waals surface area contributed by atoms with Crippen LogP contribution in [0.4, 0.5) is 5.69 Å². The van der Waals surface area contributed by atoms with Crippen molar-refractivity contribution in [3.05, 3.63) is 111 Å². The number of fused-ring (bicyclic) bond motifs is 1. The minimum atomic E-state index is -0.483. The molecule has 0 unspecified atom stereocenters. The van der Waals surface area contributed by atoms with Gasteiger partial charge in [-0.2, -0.15) is 0 Å². The Labute approximate surface area is 173 Å². The van der Waals surface area contributed by atoms with Crippen LogP contribution in [0.15, 0.2) is 78.9 Å². The van der Waals surface area contributed by atoms with Gasteiger partial charge in [0.15, 0.2) is 0 Å². The van der Waals surface area contributed by atoms with Crippen LogP contribution in [0.3, 0.4) is 0 Å². The second kappa shape index (κ2) is 8.21. The van der Waals surface area contributed by atoms with Gasteiger partial charge in [0, 0.05) is 34.5 Å². The maximum atomic E-state index is 12.8. The summed E-state index contributed by atoms with van der Waals surface area (Å²) in [5.74, 6) is -0.786. The zero-order valence-electron chi connectivity index (χ0n) is 16.4. The molecule has 1 heterocycles. The van der Waals surface area contributed by atoms with Gasteiger partial charge in [-0.1, -0.05) is 60.7 Å². The largest absolute Gasteiger partial charge is 0.461 e. The van der Waals surface area contributed by atoms with Gasteiger partial charge in [-0.05, 0) is 24.1 Å². The van der Waals surface area contributed by atoms with Crippen molar-refractivity contribution in [3.8, 4) is 0 Å². The van der Waals surface area contributed by atoms with Crippen LogP contribution in [0.1, 0.15) is 40.0 Å². The van der Waals surface area contributed by atoms with Crippen molar-refractivity contribution in [3.63, 3.8) is 0 Å². The van der Waals surface area contributed by atoms with Gasteiger partial charge in [0.1, 0.15) is 5.69 Å². The number of nitrogens with zero attached hydrogens (tertiary/aromatic N) is 1. The van der Waals surface area contributed by atoms with Crippen molar-refractivity contribution in [2.45, 2.75) is 12.8 Å². The summed E-state index contributed by atoms with van der Waals surface area (Å²) in [7, 11) is 0. The molecule has 150 valence electrons. The molecular formula is C24H20N2O4. The van der Waals surface area contributed by atoms with E-state index in [2.05, 4.69) is 4.98 Å². The van der Waals surface area contributed by atoms with E-state index in [1.807, 2.05) is 60.7 Å². The first-order valence-corrected chi connectivity index (χ1v) is 9.67. The van der Waals surface area contributed by atoms with Crippen molar-refractivity contribution < 1.29 is 14.5 Å². The van der Waals surface area contributed by atoms with Crippen molar-refractivity contribution >= 4 is 22.6 Å². The summed E-state index contributed by atoms with van der Waals surface area (Å²) in [5.41, 5.74) is 3.55. The lowest BCUT2D eigenvalue weighted by atomic mass is 9.83. The number of hydrogen-bond acceptors (Lipinski definition) is 4. The number of aromatic amines is 1. The van der Waals surface area contributed by atoms with Crippen LogP contribution in [0.25, 0.3) is 10.9 Å². The van der Waals surface area contributed by atoms with E-state index in [4.69, 9.17) is 4.74 Å². The lowest BCUT2D eigenvalue weighted by Crippen LogP contribution is -2.12. The maximum absolute atomic E-state index is 12.8. The Morgan fingerprint density at radius 3 is 2.13 bits per heavy atom. The van der Waals surface area contributed by atoms with Crippen LogP contribution in [0.2, 0.25) is 0 Å². The second-order valence-electron chi connectivity index (χ2n) is 6.88. The summed E-state index contributed by atoms with van der Waals surface area (Å²) in [5, 5.41) is 12.0. The highest BCUT2D eigenvalue weighted by molar-refractivity contribution is 6.00. The number of esters is 1. The first kappa shape index (κ1) is 19.4. The summed E-state index contributed by atoms with van der Waals surface area (Å²) in [6.07, 6.45) is 0. The fraction of sp³-hybridized carbons (Fsp3) is 0.125. The van der Waals surface area contributed by atoms with Crippen molar-refractivity contribution in [1.82, 2.24) is 4.98 Å². The minimum Gasteiger partial charge on any atom is -0.461 e. The van der Waals surface area contributed by atoms with Gasteiger partial charge >= 0.3 is 5.97 Å². The molecule has 6 nitrogen and oxygen atoms in total. The number of ether oxygens (including phenoxy) is 1. The number of benzene rings is 3. The number of nitrogens with one attached hydrogen (secondary N) is 1. The number of non-ortho nitro benzene ring substituents is 1. The molecule has 0 aliphatic heterocycles. The molecule has 0 fully saturated rings. The minimum absolute atomic E-state index is 0.0296. The molecule has 0 spiro atoms. The second-order valence-corrected chi connectivity index (χ2v) is 6.88. The molecule has 0 bridgehead atoms. The summed E-state index contributed by atoms with van der Waals surface area (Å²) < 4.78 is 5.29. The third kappa shape index (κ3) is 3.55. The Hall–Kier alpha value is -3.93. The average Bonchev–Trinajstić information content (AvgIpc) is 3.14. The van der Waals surface area contributed by atoms with Gasteiger partial charge in [-0.3, -0.25) is 10.1 Å². The molecular weight excluding hydrogens is 380 g/mol. The van der Waals surface area contributed by atoms with E-state index in [-0.39, 0.29) is 18.2 Å². The van der Waals surface area contributed by atoms with Crippen molar-refractivity contribution in [1.29, 1.82) is 0 Å². The summed E-state index contributed by atoms with van der Waals surface area (Å²) in [6, 6.07) is 24.1. The van der Waals surface area contributed by atoms with Crippen LogP contribution in [0.5, 0.6) is 0 Å². The number of carbonyl (C=O) groups is 1. The molecule has 1 N–H and O–H groups in total. The summed E-state index contributed by atoms with van der Waals surface area (Å²) >= 11 is 0. The molecule has 4 rings (SSSR count). The molecule has 4 aromatic rings. The number of hydrogen-bond donors (Lipinski definition) is 1. The molecule has 30 heavy (non-hydrogen) atoms. The number of rotatable bonds is 6. The lowest BCUT2D eigenvalue weighted by molar-refractivity contribution is -0.384. The lowest BCUT2D eigenvalue weighted by Gasteiger charge is -2.19. The highest BCUT2D eigenvalue weighted by Crippen LogP contribution is 2.39. The molecule has 0 aliphatic rings. The zero-order valence-corrected chi connectivity index (χ0v) is 16.4. The highest BCUT2D eigenvalue weighted by atomic mass is 16.6. The molecule has 6 heteroatoms. The zero-order chi connectivity index (χ0) is 21.1. The fourth-order valence-electron chi connectivity index (χ4n) is 3.80. The van der Waals surface area contributed by atoms with E-state index in [1.165, 1.54) is 12.1 Å². The van der Waals surface area contributed by atoms with Crippen LogP contribution >= 0.6 is 0 Å². The van der Waals surface area contributed by atoms with Gasteiger partial charge in [0.25, 0.3) is 5.69 Å². The van der Waals surface area contributed by atoms with Crippen molar-refractivity contribution in [2.24, 2.45) is 0 Å². The Kier molecular flexibility index (Phi) is 5.30. The molecule has 0 saturated carbocycles. The third-order valence-corrected chi connectivity index (χ3v) is 5.07.